The third-order valence-corrected chi connectivity index (χ3v) is 7.73. The van der Waals surface area contributed by atoms with Crippen LogP contribution >= 0.6 is 23.2 Å². The number of nitrogens with zero attached hydrogens (tertiary/aromatic N) is 2. The molecule has 0 aromatic heterocycles. The third-order valence-electron chi connectivity index (χ3n) is 7.17. The number of rotatable bonds is 7. The fraction of sp³-hybridized carbons (Fsp3) is 0.500. The third kappa shape index (κ3) is 11.2. The van der Waals surface area contributed by atoms with Crippen molar-refractivity contribution in [1.29, 1.82) is 0 Å². The van der Waals surface area contributed by atoms with Crippen molar-refractivity contribution in [2.45, 2.75) is 51.4 Å². The van der Waals surface area contributed by atoms with E-state index in [0.29, 0.717) is 53.9 Å². The lowest BCUT2D eigenvalue weighted by atomic mass is 10.1. The second-order valence-corrected chi connectivity index (χ2v) is 11.8. The quantitative estimate of drug-likeness (QED) is 0.410. The fourth-order valence-electron chi connectivity index (χ4n) is 4.55. The molecular formula is C32H41Cl2FN2O6. The number of carbonyl (C=O) groups is 2. The van der Waals surface area contributed by atoms with E-state index in [4.69, 9.17) is 32.7 Å². The first-order chi connectivity index (χ1) is 20.6. The van der Waals surface area contributed by atoms with E-state index in [0.717, 1.165) is 0 Å². The van der Waals surface area contributed by atoms with Crippen LogP contribution in [0.15, 0.2) is 48.5 Å². The van der Waals surface area contributed by atoms with E-state index >= 15 is 0 Å². The minimum Gasteiger partial charge on any atom is -0.388 e. The summed E-state index contributed by atoms with van der Waals surface area (Å²) in [5, 5.41) is 22.6. The maximum absolute atomic E-state index is 14.7. The van der Waals surface area contributed by atoms with E-state index in [-0.39, 0.29) is 44.3 Å². The van der Waals surface area contributed by atoms with Gasteiger partial charge >= 0.3 is 0 Å². The Morgan fingerprint density at radius 3 is 2.56 bits per heavy atom. The van der Waals surface area contributed by atoms with Gasteiger partial charge in [-0.1, -0.05) is 55.2 Å². The van der Waals surface area contributed by atoms with E-state index in [9.17, 15) is 24.2 Å². The van der Waals surface area contributed by atoms with Gasteiger partial charge in [-0.05, 0) is 61.1 Å². The lowest BCUT2D eigenvalue weighted by Gasteiger charge is -2.34. The zero-order chi connectivity index (χ0) is 31.4. The van der Waals surface area contributed by atoms with Gasteiger partial charge in [-0.2, -0.15) is 0 Å². The van der Waals surface area contributed by atoms with Crippen molar-refractivity contribution in [1.82, 2.24) is 9.80 Å². The molecule has 1 aliphatic heterocycles. The highest BCUT2D eigenvalue weighted by molar-refractivity contribution is 6.35. The predicted molar refractivity (Wildman–Crippen MR) is 166 cm³/mol. The van der Waals surface area contributed by atoms with Gasteiger partial charge in [-0.3, -0.25) is 9.59 Å². The Hall–Kier alpha value is -2.53. The number of hydrogen-bond donors (Lipinski definition) is 2. The van der Waals surface area contributed by atoms with Crippen molar-refractivity contribution in [2.24, 2.45) is 5.92 Å². The second kappa shape index (κ2) is 17.7. The molecule has 1 saturated heterocycles. The zero-order valence-corrected chi connectivity index (χ0v) is 26.1. The van der Waals surface area contributed by atoms with Crippen LogP contribution < -0.4 is 0 Å². The number of hydrogen-bond acceptors (Lipinski definition) is 6. The molecule has 0 radical (unpaired) electrons. The average molecular weight is 640 g/mol. The molecule has 0 bridgehead atoms. The molecule has 3 rings (SSSR count). The summed E-state index contributed by atoms with van der Waals surface area (Å²) in [7, 11) is 0. The number of aliphatic hydroxyl groups excluding tert-OH is 2. The summed E-state index contributed by atoms with van der Waals surface area (Å²) < 4.78 is 26.3. The van der Waals surface area contributed by atoms with Crippen LogP contribution in [0.3, 0.4) is 0 Å². The Labute approximate surface area is 263 Å². The van der Waals surface area contributed by atoms with Crippen molar-refractivity contribution in [3.05, 3.63) is 75.5 Å². The molecule has 0 aliphatic carbocycles. The van der Waals surface area contributed by atoms with Crippen LogP contribution in [-0.2, 0) is 14.3 Å². The van der Waals surface area contributed by atoms with Gasteiger partial charge in [-0.25, -0.2) is 4.39 Å². The summed E-state index contributed by atoms with van der Waals surface area (Å²) in [6.07, 6.45) is 1.32. The number of carbonyl (C=O) groups excluding carboxylic acids is 2. The molecule has 3 atom stereocenters. The molecule has 43 heavy (non-hydrogen) atoms. The maximum Gasteiger partial charge on any atom is 0.256 e. The SMILES string of the molecule is CC(C)CCO[C@@H]1CN(C(=O)c2ccccc2F)CCN(C(=O)/C=C/c2ccc(Cl)cc2Cl)CCCCOC[C@@H](O)[C@H]1O. The Bertz CT molecular complexity index is 1230. The van der Waals surface area contributed by atoms with Crippen LogP contribution in [0.25, 0.3) is 6.08 Å². The highest BCUT2D eigenvalue weighted by Crippen LogP contribution is 2.22. The molecule has 2 aromatic rings. The van der Waals surface area contributed by atoms with Crippen LogP contribution in [0.5, 0.6) is 0 Å². The molecule has 11 heteroatoms. The highest BCUT2D eigenvalue weighted by Gasteiger charge is 2.32. The second-order valence-electron chi connectivity index (χ2n) is 11.0. The molecule has 1 heterocycles. The lowest BCUT2D eigenvalue weighted by Crippen LogP contribution is -2.51. The number of amides is 2. The summed E-state index contributed by atoms with van der Waals surface area (Å²) in [6.45, 7) is 4.98. The molecule has 0 spiro atoms. The Balaban J connectivity index is 1.89. The normalized spacial score (nSPS) is 21.3. The van der Waals surface area contributed by atoms with Crippen LogP contribution in [0, 0.1) is 11.7 Å². The Morgan fingerprint density at radius 1 is 1.09 bits per heavy atom. The monoisotopic (exact) mass is 638 g/mol. The molecule has 0 saturated carbocycles. The summed E-state index contributed by atoms with van der Waals surface area (Å²) in [6, 6.07) is 10.6. The van der Waals surface area contributed by atoms with Crippen molar-refractivity contribution in [3.63, 3.8) is 0 Å². The Kier molecular flexibility index (Phi) is 14.4. The van der Waals surface area contributed by atoms with Gasteiger partial charge in [-0.15, -0.1) is 0 Å². The molecule has 1 fully saturated rings. The van der Waals surface area contributed by atoms with Gasteiger partial charge in [0, 0.05) is 55.5 Å². The van der Waals surface area contributed by atoms with Crippen LogP contribution in [0.4, 0.5) is 4.39 Å². The molecule has 0 unspecified atom stereocenters. The van der Waals surface area contributed by atoms with E-state index in [1.54, 1.807) is 35.2 Å². The van der Waals surface area contributed by atoms with Gasteiger partial charge in [0.05, 0.1) is 12.2 Å². The molecule has 2 N–H and O–H groups in total. The minimum absolute atomic E-state index is 0.0395. The summed E-state index contributed by atoms with van der Waals surface area (Å²) in [5.74, 6) is -1.27. The van der Waals surface area contributed by atoms with Crippen LogP contribution in [0.2, 0.25) is 10.0 Å². The summed E-state index contributed by atoms with van der Waals surface area (Å²) in [5.41, 5.74) is 0.485. The van der Waals surface area contributed by atoms with Gasteiger partial charge in [0.2, 0.25) is 5.91 Å². The molecule has 2 aromatic carbocycles. The first-order valence-electron chi connectivity index (χ1n) is 14.6. The first-order valence-corrected chi connectivity index (χ1v) is 15.3. The van der Waals surface area contributed by atoms with Gasteiger partial charge in [0.25, 0.3) is 5.91 Å². The van der Waals surface area contributed by atoms with E-state index in [1.165, 1.54) is 29.2 Å². The highest BCUT2D eigenvalue weighted by atomic mass is 35.5. The van der Waals surface area contributed by atoms with Crippen LogP contribution in [-0.4, -0.2) is 96.1 Å². The lowest BCUT2D eigenvalue weighted by molar-refractivity contribution is -0.127. The van der Waals surface area contributed by atoms with Gasteiger partial charge in [0.15, 0.2) is 0 Å². The van der Waals surface area contributed by atoms with Crippen molar-refractivity contribution < 1.29 is 33.7 Å². The molecule has 236 valence electrons. The fourth-order valence-corrected chi connectivity index (χ4v) is 5.02. The van der Waals surface area contributed by atoms with E-state index in [1.807, 2.05) is 13.8 Å². The average Bonchev–Trinajstić information content (AvgIpc) is 2.97. The molecule has 2 amide bonds. The van der Waals surface area contributed by atoms with Crippen molar-refractivity contribution in [2.75, 3.05) is 46.0 Å². The van der Waals surface area contributed by atoms with Gasteiger partial charge < -0.3 is 29.5 Å². The molecule has 8 nitrogen and oxygen atoms in total. The predicted octanol–water partition coefficient (Wildman–Crippen LogP) is 5.08. The zero-order valence-electron chi connectivity index (χ0n) is 24.6. The molecular weight excluding hydrogens is 598 g/mol. The van der Waals surface area contributed by atoms with Crippen LogP contribution in [0.1, 0.15) is 49.0 Å². The number of ether oxygens (including phenoxy) is 2. The Morgan fingerprint density at radius 2 is 1.84 bits per heavy atom. The number of halogens is 3. The van der Waals surface area contributed by atoms with E-state index in [2.05, 4.69) is 0 Å². The van der Waals surface area contributed by atoms with Gasteiger partial charge in [0.1, 0.15) is 24.1 Å². The maximum atomic E-state index is 14.7. The van der Waals surface area contributed by atoms with E-state index < -0.39 is 30.0 Å². The van der Waals surface area contributed by atoms with Crippen molar-refractivity contribution >= 4 is 41.1 Å². The van der Waals surface area contributed by atoms with Crippen molar-refractivity contribution in [3.8, 4) is 0 Å². The smallest absolute Gasteiger partial charge is 0.256 e. The topological polar surface area (TPSA) is 99.5 Å². The number of aliphatic hydroxyl groups is 2. The summed E-state index contributed by atoms with van der Waals surface area (Å²) >= 11 is 12.2. The largest absolute Gasteiger partial charge is 0.388 e. The minimum atomic E-state index is -1.36. The first kappa shape index (κ1) is 35.0. The molecule has 1 aliphatic rings. The standard InChI is InChI=1S/C32H41Cl2FN2O6/c1-22(2)13-18-43-29-20-37(32(41)25-7-3-4-8-27(25)35)16-15-36(14-5-6-17-42-21-28(38)31(29)40)30(39)12-10-23-9-11-24(33)19-26(23)34/h3-4,7-12,19,22,28-29,31,38,40H,5-6,13-18,20-21H2,1-2H3/b12-10+/t28-,29-,31-/m1/s1. The summed E-state index contributed by atoms with van der Waals surface area (Å²) in [4.78, 5) is 29.9. The number of benzene rings is 2.